The van der Waals surface area contributed by atoms with Crippen molar-refractivity contribution in [3.8, 4) is 22.6 Å². The van der Waals surface area contributed by atoms with E-state index in [4.69, 9.17) is 26.2 Å². The highest BCUT2D eigenvalue weighted by Gasteiger charge is 2.50. The normalized spacial score (nSPS) is 20.4. The number of carbonyl (C=O) groups is 1. The van der Waals surface area contributed by atoms with Gasteiger partial charge in [0.1, 0.15) is 18.2 Å². The molecule has 9 heteroatoms. The number of hydrogen-bond donors (Lipinski definition) is 3. The molecule has 0 spiro atoms. The van der Waals surface area contributed by atoms with Gasteiger partial charge in [-0.1, -0.05) is 41.9 Å². The molecule has 2 atom stereocenters. The van der Waals surface area contributed by atoms with Gasteiger partial charge in [0.2, 0.25) is 0 Å². The molecule has 6 nitrogen and oxygen atoms in total. The van der Waals surface area contributed by atoms with Crippen molar-refractivity contribution in [1.29, 1.82) is 0 Å². The molecule has 1 fully saturated rings. The van der Waals surface area contributed by atoms with Gasteiger partial charge in [0.15, 0.2) is 17.2 Å². The Hall–Kier alpha value is -3.20. The zero-order valence-electron chi connectivity index (χ0n) is 20.2. The molecule has 3 aromatic rings. The Morgan fingerprint density at radius 1 is 1.24 bits per heavy atom. The molecule has 5 rings (SSSR count). The zero-order valence-corrected chi connectivity index (χ0v) is 21.0. The molecule has 2 aliphatic rings. The lowest BCUT2D eigenvalue weighted by Gasteiger charge is -2.35. The van der Waals surface area contributed by atoms with E-state index in [0.717, 1.165) is 24.9 Å². The first-order valence-corrected chi connectivity index (χ1v) is 12.6. The van der Waals surface area contributed by atoms with Crippen LogP contribution in [0.4, 0.5) is 8.78 Å². The van der Waals surface area contributed by atoms with Crippen LogP contribution in [0.3, 0.4) is 0 Å². The summed E-state index contributed by atoms with van der Waals surface area (Å²) in [6.45, 7) is 0.336. The lowest BCUT2D eigenvalue weighted by molar-refractivity contribution is 0.0539. The van der Waals surface area contributed by atoms with Gasteiger partial charge >= 0.3 is 0 Å². The van der Waals surface area contributed by atoms with Crippen LogP contribution in [-0.2, 0) is 12.0 Å². The molecule has 2 heterocycles. The molecule has 37 heavy (non-hydrogen) atoms. The maximum Gasteiger partial charge on any atom is 0.251 e. The van der Waals surface area contributed by atoms with Gasteiger partial charge < -0.3 is 25.2 Å². The van der Waals surface area contributed by atoms with E-state index >= 15 is 8.78 Å². The molecule has 3 N–H and O–H groups in total. The van der Waals surface area contributed by atoms with Gasteiger partial charge in [-0.25, -0.2) is 8.78 Å². The predicted molar refractivity (Wildman–Crippen MR) is 136 cm³/mol. The summed E-state index contributed by atoms with van der Waals surface area (Å²) in [5.41, 5.74) is 0.385. The third kappa shape index (κ3) is 4.33. The van der Waals surface area contributed by atoms with Gasteiger partial charge in [0, 0.05) is 36.2 Å². The summed E-state index contributed by atoms with van der Waals surface area (Å²) in [5, 5.41) is 14.9. The highest BCUT2D eigenvalue weighted by atomic mass is 35.5. The first-order valence-electron chi connectivity index (χ1n) is 12.2. The Labute approximate surface area is 218 Å². The van der Waals surface area contributed by atoms with E-state index in [1.807, 2.05) is 30.3 Å². The first-order chi connectivity index (χ1) is 17.9. The molecular weight excluding hydrogens is 502 g/mol. The van der Waals surface area contributed by atoms with Gasteiger partial charge in [0.25, 0.3) is 5.91 Å². The predicted octanol–water partition coefficient (Wildman–Crippen LogP) is 4.60. The maximum atomic E-state index is 16.0. The minimum atomic E-state index is -0.875. The minimum absolute atomic E-state index is 0.0257. The van der Waals surface area contributed by atoms with E-state index in [2.05, 4.69) is 10.6 Å². The Bertz CT molecular complexity index is 1330. The summed E-state index contributed by atoms with van der Waals surface area (Å²) in [6.07, 6.45) is 2.09. The van der Waals surface area contributed by atoms with Crippen LogP contribution in [0.25, 0.3) is 11.1 Å². The number of fused-ring (bicyclic) bond motifs is 1. The highest BCUT2D eigenvalue weighted by molar-refractivity contribution is 6.34. The third-order valence-corrected chi connectivity index (χ3v) is 7.45. The fraction of sp³-hybridized carbons (Fsp3) is 0.321. The summed E-state index contributed by atoms with van der Waals surface area (Å²) < 4.78 is 43.2. The Balaban J connectivity index is 1.75. The van der Waals surface area contributed by atoms with Crippen LogP contribution in [0.15, 0.2) is 48.5 Å². The second-order valence-corrected chi connectivity index (χ2v) is 9.54. The monoisotopic (exact) mass is 528 g/mol. The Kier molecular flexibility index (Phi) is 7.07. The van der Waals surface area contributed by atoms with Crippen LogP contribution in [0.1, 0.15) is 34.3 Å². The number of rotatable bonds is 7. The number of benzene rings is 3. The summed E-state index contributed by atoms with van der Waals surface area (Å²) in [7, 11) is 1.42. The number of nitrogens with one attached hydrogen (secondary N) is 2. The zero-order chi connectivity index (χ0) is 26.2. The number of ether oxygens (including phenoxy) is 2. The van der Waals surface area contributed by atoms with Gasteiger partial charge in [0.05, 0.1) is 23.2 Å². The molecule has 1 unspecified atom stereocenters. The molecule has 3 aromatic carbocycles. The van der Waals surface area contributed by atoms with Crippen molar-refractivity contribution in [1.82, 2.24) is 10.6 Å². The number of aliphatic hydroxyl groups is 1. The topological polar surface area (TPSA) is 79.8 Å². The van der Waals surface area contributed by atoms with Gasteiger partial charge in [-0.15, -0.1) is 0 Å². The van der Waals surface area contributed by atoms with Crippen LogP contribution in [-0.4, -0.2) is 43.9 Å². The molecule has 0 saturated carbocycles. The molecule has 0 bridgehead atoms. The fourth-order valence-corrected chi connectivity index (χ4v) is 5.68. The second-order valence-electron chi connectivity index (χ2n) is 9.16. The van der Waals surface area contributed by atoms with E-state index in [0.29, 0.717) is 5.56 Å². The molecular formula is C28H27ClF2N2O4. The number of halogens is 3. The molecule has 0 aromatic heterocycles. The van der Waals surface area contributed by atoms with Crippen molar-refractivity contribution >= 4 is 17.5 Å². The summed E-state index contributed by atoms with van der Waals surface area (Å²) in [6, 6.07) is 13.5. The van der Waals surface area contributed by atoms with E-state index < -0.39 is 23.1 Å². The Morgan fingerprint density at radius 3 is 2.70 bits per heavy atom. The van der Waals surface area contributed by atoms with E-state index in [1.165, 1.54) is 25.2 Å². The van der Waals surface area contributed by atoms with E-state index in [-0.39, 0.29) is 58.9 Å². The first kappa shape index (κ1) is 25.4. The van der Waals surface area contributed by atoms with E-state index in [1.54, 1.807) is 0 Å². The van der Waals surface area contributed by atoms with Crippen molar-refractivity contribution in [2.45, 2.75) is 30.9 Å². The van der Waals surface area contributed by atoms with Gasteiger partial charge in [-0.3, -0.25) is 4.79 Å². The van der Waals surface area contributed by atoms with Gasteiger partial charge in [-0.05, 0) is 37.1 Å². The molecule has 2 aliphatic heterocycles. The summed E-state index contributed by atoms with van der Waals surface area (Å²) in [5.74, 6) is -2.17. The van der Waals surface area contributed by atoms with Crippen LogP contribution < -0.4 is 20.1 Å². The SMILES string of the molecule is CNC(=O)c1ccc(OCCO)c(F)c1-c1c(Cl)c(F)cc2c1C[C@](c1ccccc1)(C1CCCN1)O2. The molecule has 1 saturated heterocycles. The van der Waals surface area contributed by atoms with Crippen LogP contribution in [0.5, 0.6) is 11.5 Å². The number of carbonyl (C=O) groups excluding carboxylic acids is 1. The fourth-order valence-electron chi connectivity index (χ4n) is 5.41. The van der Waals surface area contributed by atoms with Crippen molar-refractivity contribution < 1.29 is 28.2 Å². The third-order valence-electron chi connectivity index (χ3n) is 7.08. The van der Waals surface area contributed by atoms with Gasteiger partial charge in [-0.2, -0.15) is 0 Å². The number of aliphatic hydroxyl groups excluding tert-OH is 1. The van der Waals surface area contributed by atoms with Crippen LogP contribution in [0.2, 0.25) is 5.02 Å². The molecule has 0 aliphatic carbocycles. The molecule has 194 valence electrons. The van der Waals surface area contributed by atoms with Crippen molar-refractivity contribution in [3.05, 3.63) is 81.9 Å². The average Bonchev–Trinajstić information content (AvgIpc) is 3.58. The highest BCUT2D eigenvalue weighted by Crippen LogP contribution is 2.52. The van der Waals surface area contributed by atoms with Crippen LogP contribution >= 0.6 is 11.6 Å². The number of amides is 1. The van der Waals surface area contributed by atoms with Crippen molar-refractivity contribution in [3.63, 3.8) is 0 Å². The maximum absolute atomic E-state index is 16.0. The smallest absolute Gasteiger partial charge is 0.251 e. The number of hydrogen-bond acceptors (Lipinski definition) is 5. The van der Waals surface area contributed by atoms with Crippen molar-refractivity contribution in [2.24, 2.45) is 0 Å². The quantitative estimate of drug-likeness (QED) is 0.418. The largest absolute Gasteiger partial charge is 0.488 e. The molecule has 1 amide bonds. The lowest BCUT2D eigenvalue weighted by Crippen LogP contribution is -2.48. The van der Waals surface area contributed by atoms with Crippen molar-refractivity contribution in [2.75, 3.05) is 26.8 Å². The molecule has 0 radical (unpaired) electrons. The second kappa shape index (κ2) is 10.3. The average molecular weight is 529 g/mol. The standard InChI is InChI=1S/C28H27ClF2N2O4/c1-32-27(35)17-9-10-20(36-13-12-34)26(31)24(17)23-18-15-28(22-8-5-11-33-22,16-6-3-2-4-7-16)37-21(18)14-19(30)25(23)29/h2-4,6-7,9-10,14,22,33-34H,5,8,11-13,15H2,1H3,(H,32,35)/t22?,28-/m0/s1. The summed E-state index contributed by atoms with van der Waals surface area (Å²) >= 11 is 6.53. The summed E-state index contributed by atoms with van der Waals surface area (Å²) in [4.78, 5) is 12.8. The Morgan fingerprint density at radius 2 is 2.03 bits per heavy atom. The lowest BCUT2D eigenvalue weighted by atomic mass is 9.80. The van der Waals surface area contributed by atoms with Crippen LogP contribution in [0, 0.1) is 11.6 Å². The van der Waals surface area contributed by atoms with E-state index in [9.17, 15) is 4.79 Å². The minimum Gasteiger partial charge on any atom is -0.488 e.